The molecule has 8 heteroatoms. The maximum atomic E-state index is 11.9. The van der Waals surface area contributed by atoms with Crippen molar-refractivity contribution in [2.45, 2.75) is 19.8 Å². The Kier molecular flexibility index (Phi) is 7.63. The van der Waals surface area contributed by atoms with Crippen LogP contribution in [-0.2, 0) is 9.59 Å². The predicted octanol–water partition coefficient (Wildman–Crippen LogP) is 5.02. The zero-order chi connectivity index (χ0) is 19.1. The highest BCUT2D eigenvalue weighted by atomic mass is 79.9. The highest BCUT2D eigenvalue weighted by Crippen LogP contribution is 2.25. The summed E-state index contributed by atoms with van der Waals surface area (Å²) in [6.07, 6.45) is 0.0196. The number of hydrazone groups is 1. The van der Waals surface area contributed by atoms with Crippen LogP contribution in [0.5, 0.6) is 0 Å². The van der Waals surface area contributed by atoms with E-state index in [1.165, 1.54) is 6.07 Å². The number of carbonyl (C=O) groups is 2. The van der Waals surface area contributed by atoms with Crippen molar-refractivity contribution in [1.29, 1.82) is 0 Å². The van der Waals surface area contributed by atoms with Crippen LogP contribution in [0.3, 0.4) is 0 Å². The summed E-state index contributed by atoms with van der Waals surface area (Å²) >= 11 is 15.2. The molecule has 5 nitrogen and oxygen atoms in total. The number of carbonyl (C=O) groups excluding carboxylic acids is 2. The first kappa shape index (κ1) is 20.4. The summed E-state index contributed by atoms with van der Waals surface area (Å²) in [5.41, 5.74) is 4.46. The van der Waals surface area contributed by atoms with Gasteiger partial charge in [-0.3, -0.25) is 9.59 Å². The summed E-state index contributed by atoms with van der Waals surface area (Å²) in [5, 5.41) is 7.50. The molecular formula is C18H16BrCl2N3O2. The molecule has 2 N–H and O–H groups in total. The number of nitrogens with zero attached hydrogens (tertiary/aromatic N) is 1. The number of halogens is 3. The Morgan fingerprint density at radius 1 is 1.04 bits per heavy atom. The number of rotatable bonds is 6. The Balaban J connectivity index is 1.81. The fraction of sp³-hybridized carbons (Fsp3) is 0.167. The van der Waals surface area contributed by atoms with E-state index in [1.807, 2.05) is 24.3 Å². The van der Waals surface area contributed by atoms with Gasteiger partial charge in [0.25, 0.3) is 0 Å². The van der Waals surface area contributed by atoms with Gasteiger partial charge in [-0.15, -0.1) is 0 Å². The van der Waals surface area contributed by atoms with Crippen molar-refractivity contribution in [3.8, 4) is 0 Å². The SMILES string of the molecule is C/C(=N\NC(=O)CCC(=O)Nc1ccc(Cl)cc1Cl)c1ccc(Br)cc1. The molecule has 2 amide bonds. The van der Waals surface area contributed by atoms with Crippen molar-refractivity contribution in [2.75, 3.05) is 5.32 Å². The standard InChI is InChI=1S/C18H16BrCl2N3O2/c1-11(12-2-4-13(19)5-3-12)23-24-18(26)9-8-17(25)22-16-7-6-14(20)10-15(16)21/h2-7,10H,8-9H2,1H3,(H,22,25)(H,24,26)/b23-11+. The molecule has 0 aliphatic heterocycles. The molecule has 0 fully saturated rings. The molecule has 2 aromatic rings. The lowest BCUT2D eigenvalue weighted by atomic mass is 10.1. The third-order valence-electron chi connectivity index (χ3n) is 3.39. The number of hydrogen-bond acceptors (Lipinski definition) is 3. The van der Waals surface area contributed by atoms with Gasteiger partial charge in [0.05, 0.1) is 16.4 Å². The summed E-state index contributed by atoms with van der Waals surface area (Å²) in [4.78, 5) is 23.8. The second-order valence-electron chi connectivity index (χ2n) is 5.41. The lowest BCUT2D eigenvalue weighted by molar-refractivity contribution is -0.124. The van der Waals surface area contributed by atoms with Crippen LogP contribution >= 0.6 is 39.1 Å². The van der Waals surface area contributed by atoms with Gasteiger partial charge in [-0.25, -0.2) is 5.43 Å². The number of hydrogen-bond donors (Lipinski definition) is 2. The van der Waals surface area contributed by atoms with Crippen molar-refractivity contribution >= 4 is 62.3 Å². The molecule has 0 radical (unpaired) electrons. The summed E-state index contributed by atoms with van der Waals surface area (Å²) < 4.78 is 0.963. The molecule has 0 saturated heterocycles. The highest BCUT2D eigenvalue weighted by molar-refractivity contribution is 9.10. The fourth-order valence-corrected chi connectivity index (χ4v) is 2.71. The molecule has 0 unspecified atom stereocenters. The largest absolute Gasteiger partial charge is 0.325 e. The summed E-state index contributed by atoms with van der Waals surface area (Å²) in [6.45, 7) is 1.79. The van der Waals surface area contributed by atoms with E-state index in [9.17, 15) is 9.59 Å². The van der Waals surface area contributed by atoms with Gasteiger partial charge >= 0.3 is 0 Å². The van der Waals surface area contributed by atoms with Crippen LogP contribution in [0.4, 0.5) is 5.69 Å². The van der Waals surface area contributed by atoms with Crippen molar-refractivity contribution < 1.29 is 9.59 Å². The molecule has 0 bridgehead atoms. The Labute approximate surface area is 169 Å². The molecule has 0 aliphatic carbocycles. The molecule has 2 aromatic carbocycles. The van der Waals surface area contributed by atoms with Crippen LogP contribution < -0.4 is 10.7 Å². The quantitative estimate of drug-likeness (QED) is 0.473. The molecule has 0 aliphatic rings. The Bertz CT molecular complexity index is 839. The lowest BCUT2D eigenvalue weighted by Gasteiger charge is -2.07. The van der Waals surface area contributed by atoms with Crippen LogP contribution in [0.15, 0.2) is 52.0 Å². The molecular weight excluding hydrogens is 441 g/mol. The van der Waals surface area contributed by atoms with Crippen molar-refractivity contribution in [3.63, 3.8) is 0 Å². The number of amides is 2. The van der Waals surface area contributed by atoms with Gasteiger partial charge < -0.3 is 5.32 Å². The van der Waals surface area contributed by atoms with Gasteiger partial charge in [0, 0.05) is 22.3 Å². The van der Waals surface area contributed by atoms with E-state index < -0.39 is 0 Å². The first-order valence-electron chi connectivity index (χ1n) is 7.69. The number of benzene rings is 2. The third kappa shape index (κ3) is 6.44. The van der Waals surface area contributed by atoms with Crippen LogP contribution in [0, 0.1) is 0 Å². The van der Waals surface area contributed by atoms with Crippen molar-refractivity contribution in [3.05, 3.63) is 62.5 Å². The fourth-order valence-electron chi connectivity index (χ4n) is 1.99. The van der Waals surface area contributed by atoms with Gasteiger partial charge in [-0.1, -0.05) is 51.3 Å². The minimum atomic E-state index is -0.348. The normalized spacial score (nSPS) is 11.2. The molecule has 0 spiro atoms. The molecule has 0 saturated carbocycles. The third-order valence-corrected chi connectivity index (χ3v) is 4.47. The lowest BCUT2D eigenvalue weighted by Crippen LogP contribution is -2.21. The average molecular weight is 457 g/mol. The van der Waals surface area contributed by atoms with Gasteiger partial charge in [-0.2, -0.15) is 5.10 Å². The van der Waals surface area contributed by atoms with E-state index in [1.54, 1.807) is 19.1 Å². The van der Waals surface area contributed by atoms with E-state index in [0.717, 1.165) is 10.0 Å². The van der Waals surface area contributed by atoms with E-state index in [2.05, 4.69) is 31.8 Å². The summed E-state index contributed by atoms with van der Waals surface area (Å²) in [6, 6.07) is 12.3. The van der Waals surface area contributed by atoms with E-state index in [-0.39, 0.29) is 24.7 Å². The molecule has 2 rings (SSSR count). The van der Waals surface area contributed by atoms with Crippen LogP contribution in [0.1, 0.15) is 25.3 Å². The minimum absolute atomic E-state index is 0.00810. The minimum Gasteiger partial charge on any atom is -0.325 e. The maximum Gasteiger partial charge on any atom is 0.240 e. The van der Waals surface area contributed by atoms with Gasteiger partial charge in [0.2, 0.25) is 11.8 Å². The summed E-state index contributed by atoms with van der Waals surface area (Å²) in [5.74, 6) is -0.670. The van der Waals surface area contributed by atoms with Crippen LogP contribution in [0.25, 0.3) is 0 Å². The highest BCUT2D eigenvalue weighted by Gasteiger charge is 2.09. The Hall–Kier alpha value is -1.89. The van der Waals surface area contributed by atoms with Gasteiger partial charge in [0.15, 0.2) is 0 Å². The Morgan fingerprint density at radius 2 is 1.69 bits per heavy atom. The first-order chi connectivity index (χ1) is 12.3. The second kappa shape index (κ2) is 9.71. The van der Waals surface area contributed by atoms with E-state index in [4.69, 9.17) is 23.2 Å². The smallest absolute Gasteiger partial charge is 0.240 e. The molecule has 136 valence electrons. The van der Waals surface area contributed by atoms with Gasteiger partial charge in [0.1, 0.15) is 0 Å². The average Bonchev–Trinajstić information content (AvgIpc) is 2.61. The zero-order valence-electron chi connectivity index (χ0n) is 13.9. The predicted molar refractivity (Wildman–Crippen MR) is 109 cm³/mol. The van der Waals surface area contributed by atoms with Crippen LogP contribution in [-0.4, -0.2) is 17.5 Å². The van der Waals surface area contributed by atoms with Crippen molar-refractivity contribution in [1.82, 2.24) is 5.43 Å². The number of nitrogens with one attached hydrogen (secondary N) is 2. The molecule has 26 heavy (non-hydrogen) atoms. The van der Waals surface area contributed by atoms with E-state index >= 15 is 0 Å². The maximum absolute atomic E-state index is 11.9. The molecule has 0 aromatic heterocycles. The molecule has 0 atom stereocenters. The molecule has 0 heterocycles. The monoisotopic (exact) mass is 455 g/mol. The second-order valence-corrected chi connectivity index (χ2v) is 7.17. The van der Waals surface area contributed by atoms with Crippen molar-refractivity contribution in [2.24, 2.45) is 5.10 Å². The first-order valence-corrected chi connectivity index (χ1v) is 9.24. The number of anilines is 1. The summed E-state index contributed by atoms with van der Waals surface area (Å²) in [7, 11) is 0. The van der Waals surface area contributed by atoms with Crippen LogP contribution in [0.2, 0.25) is 10.0 Å². The van der Waals surface area contributed by atoms with Gasteiger partial charge in [-0.05, 0) is 42.8 Å². The zero-order valence-corrected chi connectivity index (χ0v) is 17.0. The Morgan fingerprint density at radius 3 is 2.35 bits per heavy atom. The van der Waals surface area contributed by atoms with E-state index in [0.29, 0.717) is 21.4 Å². The topological polar surface area (TPSA) is 70.6 Å².